The number of rotatable bonds is 6. The highest BCUT2D eigenvalue weighted by Crippen LogP contribution is 2.48. The number of nitrogens with two attached hydrogens (primary N) is 1. The van der Waals surface area contributed by atoms with Crippen molar-refractivity contribution in [1.29, 1.82) is 0 Å². The highest BCUT2D eigenvalue weighted by molar-refractivity contribution is 6.33. The van der Waals surface area contributed by atoms with Crippen molar-refractivity contribution in [3.05, 3.63) is 23.2 Å². The van der Waals surface area contributed by atoms with E-state index >= 15 is 0 Å². The molecule has 2 fully saturated rings. The molecule has 2 amide bonds. The van der Waals surface area contributed by atoms with E-state index in [0.717, 1.165) is 18.7 Å². The van der Waals surface area contributed by atoms with Crippen molar-refractivity contribution in [2.45, 2.75) is 51.5 Å². The molecule has 3 rings (SSSR count). The predicted molar refractivity (Wildman–Crippen MR) is 109 cm³/mol. The van der Waals surface area contributed by atoms with Crippen LogP contribution in [0.15, 0.2) is 18.2 Å². The Balaban J connectivity index is 1.97. The van der Waals surface area contributed by atoms with Crippen LogP contribution >= 0.6 is 11.6 Å². The van der Waals surface area contributed by atoms with Gasteiger partial charge in [-0.1, -0.05) is 25.4 Å². The number of carbonyl (C=O) groups is 2. The van der Waals surface area contributed by atoms with E-state index in [2.05, 4.69) is 25.1 Å². The van der Waals surface area contributed by atoms with Gasteiger partial charge in [0.2, 0.25) is 5.91 Å². The molecule has 0 aromatic heterocycles. The molecule has 1 atom stereocenters. The van der Waals surface area contributed by atoms with E-state index in [1.807, 2.05) is 6.07 Å². The number of carbonyl (C=O) groups excluding carboxylic acids is 2. The Morgan fingerprint density at radius 2 is 2.07 bits per heavy atom. The first kappa shape index (κ1) is 19.6. The fourth-order valence-electron chi connectivity index (χ4n) is 4.01. The maximum absolute atomic E-state index is 12.7. The Hall–Kier alpha value is -2.19. The van der Waals surface area contributed by atoms with E-state index < -0.39 is 17.4 Å². The average Bonchev–Trinajstić information content (AvgIpc) is 3.37. The third kappa shape index (κ3) is 3.91. The lowest BCUT2D eigenvalue weighted by molar-refractivity contribution is -0.126. The van der Waals surface area contributed by atoms with Gasteiger partial charge in [-0.15, -0.1) is 6.42 Å². The van der Waals surface area contributed by atoms with E-state index in [-0.39, 0.29) is 5.41 Å². The maximum atomic E-state index is 12.7. The molecule has 1 unspecified atom stereocenters. The van der Waals surface area contributed by atoms with Crippen molar-refractivity contribution < 1.29 is 9.59 Å². The molecule has 27 heavy (non-hydrogen) atoms. The summed E-state index contributed by atoms with van der Waals surface area (Å²) in [5.41, 5.74) is 5.84. The zero-order valence-electron chi connectivity index (χ0n) is 15.8. The first-order chi connectivity index (χ1) is 12.7. The summed E-state index contributed by atoms with van der Waals surface area (Å²) in [4.78, 5) is 26.5. The summed E-state index contributed by atoms with van der Waals surface area (Å²) in [7, 11) is 0. The Bertz CT molecular complexity index is 810. The van der Waals surface area contributed by atoms with Gasteiger partial charge in [0.25, 0.3) is 0 Å². The Kier molecular flexibility index (Phi) is 5.14. The van der Waals surface area contributed by atoms with Gasteiger partial charge < -0.3 is 11.1 Å². The lowest BCUT2D eigenvalue weighted by Crippen LogP contribution is -2.59. The van der Waals surface area contributed by atoms with Crippen LogP contribution in [-0.2, 0) is 9.59 Å². The largest absolute Gasteiger partial charge is 0.384 e. The fourth-order valence-corrected chi connectivity index (χ4v) is 4.25. The Morgan fingerprint density at radius 1 is 1.37 bits per heavy atom. The molecule has 1 aromatic rings. The zero-order valence-corrected chi connectivity index (χ0v) is 16.6. The molecular formula is C21H26ClN3O2. The Morgan fingerprint density at radius 3 is 2.56 bits per heavy atom. The average molecular weight is 388 g/mol. The van der Waals surface area contributed by atoms with Crippen LogP contribution in [0.3, 0.4) is 0 Å². The standard InChI is InChI=1S/C21H26ClN3O2/c1-4-18(26)25(21(19(23)27)10-9-20(2,3)13-21)15-7-8-17(16(22)11-15)24-12-14-5-6-14/h1,7-8,11,14,24H,5-6,9-10,12-13H2,2-3H3,(H2,23,27). The minimum Gasteiger partial charge on any atom is -0.384 e. The SMILES string of the molecule is C#CC(=O)N(c1ccc(NCC2CC2)c(Cl)c1)C1(C(N)=O)CCC(C)(C)C1. The molecule has 6 heteroatoms. The van der Waals surface area contributed by atoms with Gasteiger partial charge in [-0.25, -0.2) is 0 Å². The van der Waals surface area contributed by atoms with Gasteiger partial charge in [-0.3, -0.25) is 14.5 Å². The van der Waals surface area contributed by atoms with Crippen molar-refractivity contribution in [3.8, 4) is 12.3 Å². The van der Waals surface area contributed by atoms with Gasteiger partial charge in [0.05, 0.1) is 10.7 Å². The smallest absolute Gasteiger partial charge is 0.303 e. The molecule has 1 aromatic carbocycles. The third-order valence-electron chi connectivity index (χ3n) is 5.69. The normalized spacial score (nSPS) is 23.5. The zero-order chi connectivity index (χ0) is 19.8. The van der Waals surface area contributed by atoms with Gasteiger partial charge in [0.1, 0.15) is 5.54 Å². The molecule has 144 valence electrons. The summed E-state index contributed by atoms with van der Waals surface area (Å²) in [6, 6.07) is 5.28. The molecule has 2 aliphatic rings. The first-order valence-electron chi connectivity index (χ1n) is 9.33. The quantitative estimate of drug-likeness (QED) is 0.733. The number of terminal acetylenes is 1. The lowest BCUT2D eigenvalue weighted by Gasteiger charge is -2.39. The van der Waals surface area contributed by atoms with E-state index in [9.17, 15) is 9.59 Å². The second-order valence-corrected chi connectivity index (χ2v) is 8.92. The molecule has 0 spiro atoms. The number of nitrogens with zero attached hydrogens (tertiary/aromatic N) is 1. The number of anilines is 2. The van der Waals surface area contributed by atoms with Crippen LogP contribution in [0.1, 0.15) is 46.0 Å². The number of primary amides is 1. The first-order valence-corrected chi connectivity index (χ1v) is 9.70. The van der Waals surface area contributed by atoms with Gasteiger partial charge in [0, 0.05) is 12.2 Å². The number of halogens is 1. The maximum Gasteiger partial charge on any atom is 0.303 e. The van der Waals surface area contributed by atoms with Crippen molar-refractivity contribution in [1.82, 2.24) is 0 Å². The molecule has 0 aliphatic heterocycles. The molecular weight excluding hydrogens is 362 g/mol. The fraction of sp³-hybridized carbons (Fsp3) is 0.524. The van der Waals surface area contributed by atoms with Crippen LogP contribution in [0.2, 0.25) is 5.02 Å². The van der Waals surface area contributed by atoms with Crippen LogP contribution in [0.4, 0.5) is 11.4 Å². The van der Waals surface area contributed by atoms with Crippen LogP contribution in [0.5, 0.6) is 0 Å². The van der Waals surface area contributed by atoms with Gasteiger partial charge in [-0.05, 0) is 67.6 Å². The number of hydrogen-bond donors (Lipinski definition) is 2. The van der Waals surface area contributed by atoms with E-state index in [4.69, 9.17) is 23.8 Å². The molecule has 0 heterocycles. The summed E-state index contributed by atoms with van der Waals surface area (Å²) in [6.45, 7) is 5.01. The molecule has 5 nitrogen and oxygen atoms in total. The Labute approximate surface area is 165 Å². The second-order valence-electron chi connectivity index (χ2n) is 8.51. The molecule has 0 saturated heterocycles. The van der Waals surface area contributed by atoms with Crippen molar-refractivity contribution in [2.24, 2.45) is 17.1 Å². The number of hydrogen-bond acceptors (Lipinski definition) is 3. The van der Waals surface area contributed by atoms with E-state index in [1.165, 1.54) is 17.7 Å². The van der Waals surface area contributed by atoms with Crippen LogP contribution in [-0.4, -0.2) is 23.9 Å². The van der Waals surface area contributed by atoms with Gasteiger partial charge >= 0.3 is 5.91 Å². The lowest BCUT2D eigenvalue weighted by atomic mass is 9.85. The molecule has 3 N–H and O–H groups in total. The summed E-state index contributed by atoms with van der Waals surface area (Å²) in [5.74, 6) is 1.74. The minimum atomic E-state index is -1.14. The predicted octanol–water partition coefficient (Wildman–Crippen LogP) is 3.56. The van der Waals surface area contributed by atoms with Crippen molar-refractivity contribution in [2.75, 3.05) is 16.8 Å². The van der Waals surface area contributed by atoms with E-state index in [1.54, 1.807) is 12.1 Å². The second kappa shape index (κ2) is 7.09. The molecule has 0 radical (unpaired) electrons. The van der Waals surface area contributed by atoms with Crippen molar-refractivity contribution in [3.63, 3.8) is 0 Å². The minimum absolute atomic E-state index is 0.113. The van der Waals surface area contributed by atoms with Gasteiger partial charge in [-0.2, -0.15) is 0 Å². The highest BCUT2D eigenvalue weighted by Gasteiger charge is 2.53. The third-order valence-corrected chi connectivity index (χ3v) is 6.00. The summed E-state index contributed by atoms with van der Waals surface area (Å²) in [6.07, 6.45) is 9.61. The van der Waals surface area contributed by atoms with Gasteiger partial charge in [0.15, 0.2) is 0 Å². The van der Waals surface area contributed by atoms with Crippen molar-refractivity contribution >= 4 is 34.8 Å². The summed E-state index contributed by atoms with van der Waals surface area (Å²) < 4.78 is 0. The highest BCUT2D eigenvalue weighted by atomic mass is 35.5. The molecule has 2 aliphatic carbocycles. The number of nitrogens with one attached hydrogen (secondary N) is 1. The molecule has 0 bridgehead atoms. The van der Waals surface area contributed by atoms with Crippen LogP contribution < -0.4 is 16.0 Å². The molecule has 2 saturated carbocycles. The monoisotopic (exact) mass is 387 g/mol. The van der Waals surface area contributed by atoms with E-state index in [0.29, 0.717) is 29.5 Å². The summed E-state index contributed by atoms with van der Waals surface area (Å²) >= 11 is 6.44. The topological polar surface area (TPSA) is 75.4 Å². The number of amides is 2. The van der Waals surface area contributed by atoms with Crippen LogP contribution in [0, 0.1) is 23.7 Å². The van der Waals surface area contributed by atoms with Crippen LogP contribution in [0.25, 0.3) is 0 Å². The summed E-state index contributed by atoms with van der Waals surface area (Å²) in [5, 5.41) is 3.82. The number of benzene rings is 1.